The fraction of sp³-hybridized carbons (Fsp3) is 0.615. The molecule has 112 valence electrons. The highest BCUT2D eigenvalue weighted by atomic mass is 16.4. The first-order chi connectivity index (χ1) is 9.35. The Morgan fingerprint density at radius 1 is 1.40 bits per heavy atom. The van der Waals surface area contributed by atoms with Gasteiger partial charge in [-0.1, -0.05) is 12.2 Å². The molecule has 3 amide bonds. The predicted octanol–water partition coefficient (Wildman–Crippen LogP) is 0.182. The van der Waals surface area contributed by atoms with E-state index < -0.39 is 24.0 Å². The summed E-state index contributed by atoms with van der Waals surface area (Å²) in [4.78, 5) is 35.8. The summed E-state index contributed by atoms with van der Waals surface area (Å²) in [5.74, 6) is -1.64. The van der Waals surface area contributed by atoms with Crippen LogP contribution in [-0.2, 0) is 9.59 Å². The lowest BCUT2D eigenvalue weighted by Gasteiger charge is -2.21. The lowest BCUT2D eigenvalue weighted by atomic mass is 10.1. The molecule has 0 fully saturated rings. The zero-order valence-corrected chi connectivity index (χ0v) is 11.9. The summed E-state index contributed by atoms with van der Waals surface area (Å²) in [7, 11) is 1.66. The molecule has 3 atom stereocenters. The van der Waals surface area contributed by atoms with Crippen LogP contribution in [-0.4, -0.2) is 53.6 Å². The van der Waals surface area contributed by atoms with Gasteiger partial charge in [-0.3, -0.25) is 9.59 Å². The van der Waals surface area contributed by atoms with Crippen molar-refractivity contribution in [3.05, 3.63) is 12.2 Å². The molecule has 0 aromatic heterocycles. The highest BCUT2D eigenvalue weighted by Crippen LogP contribution is 2.17. The summed E-state index contributed by atoms with van der Waals surface area (Å²) < 4.78 is 0. The third kappa shape index (κ3) is 4.25. The molecule has 0 radical (unpaired) electrons. The number of likely N-dealkylation sites (N-methyl/N-ethyl adjacent to an activating group) is 1. The minimum Gasteiger partial charge on any atom is -0.481 e. The maximum absolute atomic E-state index is 11.8. The molecule has 20 heavy (non-hydrogen) atoms. The molecule has 3 N–H and O–H groups in total. The van der Waals surface area contributed by atoms with Crippen molar-refractivity contribution in [3.8, 4) is 0 Å². The van der Waals surface area contributed by atoms with Crippen LogP contribution in [0.25, 0.3) is 0 Å². The van der Waals surface area contributed by atoms with Gasteiger partial charge in [0.1, 0.15) is 6.04 Å². The molecule has 0 saturated carbocycles. The second kappa shape index (κ2) is 6.93. The Morgan fingerprint density at radius 2 is 2.05 bits per heavy atom. The Morgan fingerprint density at radius 3 is 2.55 bits per heavy atom. The van der Waals surface area contributed by atoms with E-state index in [9.17, 15) is 14.4 Å². The van der Waals surface area contributed by atoms with E-state index >= 15 is 0 Å². The van der Waals surface area contributed by atoms with Gasteiger partial charge in [-0.2, -0.15) is 0 Å². The molecule has 0 saturated heterocycles. The summed E-state index contributed by atoms with van der Waals surface area (Å²) in [6.45, 7) is 4.02. The van der Waals surface area contributed by atoms with Gasteiger partial charge >= 0.3 is 12.0 Å². The van der Waals surface area contributed by atoms with Crippen molar-refractivity contribution in [2.75, 3.05) is 13.6 Å². The number of rotatable bonds is 5. The zero-order valence-electron chi connectivity index (χ0n) is 11.9. The first-order valence-corrected chi connectivity index (χ1v) is 6.58. The van der Waals surface area contributed by atoms with Gasteiger partial charge in [-0.05, 0) is 20.3 Å². The number of hydrogen-bond acceptors (Lipinski definition) is 3. The maximum Gasteiger partial charge on any atom is 0.315 e. The second-order valence-corrected chi connectivity index (χ2v) is 4.86. The van der Waals surface area contributed by atoms with Crippen LogP contribution >= 0.6 is 0 Å². The molecule has 0 aliphatic heterocycles. The molecule has 0 spiro atoms. The second-order valence-electron chi connectivity index (χ2n) is 4.86. The summed E-state index contributed by atoms with van der Waals surface area (Å²) >= 11 is 0. The van der Waals surface area contributed by atoms with Crippen LogP contribution in [0.15, 0.2) is 12.2 Å². The zero-order chi connectivity index (χ0) is 15.3. The monoisotopic (exact) mass is 283 g/mol. The highest BCUT2D eigenvalue weighted by Gasteiger charge is 2.26. The number of nitrogens with zero attached hydrogens (tertiary/aromatic N) is 1. The molecule has 7 nitrogen and oxygen atoms in total. The molecule has 1 aliphatic rings. The van der Waals surface area contributed by atoms with Gasteiger partial charge in [0.25, 0.3) is 0 Å². The van der Waals surface area contributed by atoms with Crippen LogP contribution in [0.3, 0.4) is 0 Å². The van der Waals surface area contributed by atoms with Crippen LogP contribution in [0.5, 0.6) is 0 Å². The molecular formula is C13H21N3O4. The van der Waals surface area contributed by atoms with Crippen molar-refractivity contribution < 1.29 is 19.5 Å². The number of carboxylic acid groups (broad SMARTS) is 1. The van der Waals surface area contributed by atoms with Gasteiger partial charge in [0.2, 0.25) is 5.91 Å². The number of urea groups is 1. The van der Waals surface area contributed by atoms with Gasteiger partial charge < -0.3 is 20.6 Å². The first-order valence-electron chi connectivity index (χ1n) is 6.58. The Kier molecular flexibility index (Phi) is 5.54. The molecule has 7 heteroatoms. The molecule has 1 aliphatic carbocycles. The van der Waals surface area contributed by atoms with E-state index in [2.05, 4.69) is 10.6 Å². The molecule has 0 bridgehead atoms. The summed E-state index contributed by atoms with van der Waals surface area (Å²) in [6, 6.07) is -1.42. The van der Waals surface area contributed by atoms with E-state index in [1.54, 1.807) is 26.1 Å². The summed E-state index contributed by atoms with van der Waals surface area (Å²) in [5.41, 5.74) is 0. The van der Waals surface area contributed by atoms with E-state index in [-0.39, 0.29) is 11.9 Å². The fourth-order valence-electron chi connectivity index (χ4n) is 1.94. The van der Waals surface area contributed by atoms with Crippen molar-refractivity contribution in [2.24, 2.45) is 5.92 Å². The Bertz CT molecular complexity index is 422. The smallest absolute Gasteiger partial charge is 0.315 e. The predicted molar refractivity (Wildman–Crippen MR) is 73.1 cm³/mol. The van der Waals surface area contributed by atoms with Crippen LogP contribution < -0.4 is 10.6 Å². The number of nitrogens with one attached hydrogen (secondary N) is 2. The van der Waals surface area contributed by atoms with Crippen molar-refractivity contribution in [1.29, 1.82) is 0 Å². The van der Waals surface area contributed by atoms with Crippen molar-refractivity contribution in [2.45, 2.75) is 32.4 Å². The van der Waals surface area contributed by atoms with Crippen LogP contribution in [0, 0.1) is 5.92 Å². The van der Waals surface area contributed by atoms with Gasteiger partial charge in [0.05, 0.1) is 12.0 Å². The van der Waals surface area contributed by atoms with Crippen molar-refractivity contribution in [3.63, 3.8) is 0 Å². The lowest BCUT2D eigenvalue weighted by Crippen LogP contribution is -2.50. The highest BCUT2D eigenvalue weighted by molar-refractivity contribution is 5.86. The van der Waals surface area contributed by atoms with Gasteiger partial charge in [-0.15, -0.1) is 0 Å². The van der Waals surface area contributed by atoms with Gasteiger partial charge in [-0.25, -0.2) is 4.79 Å². The number of amides is 3. The van der Waals surface area contributed by atoms with Crippen LogP contribution in [0.1, 0.15) is 20.3 Å². The van der Waals surface area contributed by atoms with E-state index in [1.165, 1.54) is 4.90 Å². The minimum atomic E-state index is -0.904. The third-order valence-corrected chi connectivity index (χ3v) is 3.29. The molecule has 0 heterocycles. The first kappa shape index (κ1) is 16.0. The minimum absolute atomic E-state index is 0.173. The number of carbonyl (C=O) groups excluding carboxylic acids is 2. The van der Waals surface area contributed by atoms with Crippen molar-refractivity contribution in [1.82, 2.24) is 15.5 Å². The molecule has 0 aromatic carbocycles. The SMILES string of the molecule is CCN(C)C(=O)C(C)NC(=O)NC1C=CC(C(=O)O)C1. The maximum atomic E-state index is 11.8. The lowest BCUT2D eigenvalue weighted by molar-refractivity contribution is -0.140. The molecule has 3 unspecified atom stereocenters. The van der Waals surface area contributed by atoms with E-state index in [0.29, 0.717) is 13.0 Å². The standard InChI is InChI=1S/C13H21N3O4/c1-4-16(3)11(17)8(2)14-13(20)15-10-6-5-9(7-10)12(18)19/h5-6,8-10H,4,7H2,1-3H3,(H,18,19)(H2,14,15,20). The summed E-state index contributed by atoms with van der Waals surface area (Å²) in [5, 5.41) is 14.0. The fourth-order valence-corrected chi connectivity index (χ4v) is 1.94. The number of aliphatic carboxylic acids is 1. The topological polar surface area (TPSA) is 98.7 Å². The molecule has 1 rings (SSSR count). The Hall–Kier alpha value is -2.05. The quantitative estimate of drug-likeness (QED) is 0.627. The molecule has 0 aromatic rings. The van der Waals surface area contributed by atoms with Crippen molar-refractivity contribution >= 4 is 17.9 Å². The average molecular weight is 283 g/mol. The number of carboxylic acids is 1. The van der Waals surface area contributed by atoms with Crippen LogP contribution in [0.2, 0.25) is 0 Å². The van der Waals surface area contributed by atoms with Crippen LogP contribution in [0.4, 0.5) is 4.79 Å². The Balaban J connectivity index is 2.40. The third-order valence-electron chi connectivity index (χ3n) is 3.29. The summed E-state index contributed by atoms with van der Waals surface area (Å²) in [6.07, 6.45) is 3.55. The van der Waals surface area contributed by atoms with E-state index in [1.807, 2.05) is 6.92 Å². The largest absolute Gasteiger partial charge is 0.481 e. The molecular weight excluding hydrogens is 262 g/mol. The van der Waals surface area contributed by atoms with Gasteiger partial charge in [0, 0.05) is 13.6 Å². The van der Waals surface area contributed by atoms with E-state index in [4.69, 9.17) is 5.11 Å². The number of carbonyl (C=O) groups is 3. The van der Waals surface area contributed by atoms with E-state index in [0.717, 1.165) is 0 Å². The normalized spacial score (nSPS) is 22.1. The Labute approximate surface area is 118 Å². The number of hydrogen-bond donors (Lipinski definition) is 3. The average Bonchev–Trinajstić information content (AvgIpc) is 2.85. The van der Waals surface area contributed by atoms with Gasteiger partial charge in [0.15, 0.2) is 0 Å².